The van der Waals surface area contributed by atoms with Crippen LogP contribution in [0.15, 0.2) is 64.5 Å². The summed E-state index contributed by atoms with van der Waals surface area (Å²) in [5.74, 6) is 7.23. The van der Waals surface area contributed by atoms with Crippen molar-refractivity contribution in [1.29, 1.82) is 0 Å². The predicted molar refractivity (Wildman–Crippen MR) is 81.6 cm³/mol. The lowest BCUT2D eigenvalue weighted by molar-refractivity contribution is 0.466. The van der Waals surface area contributed by atoms with Gasteiger partial charge in [-0.15, -0.1) is 10.2 Å². The zero-order valence-electron chi connectivity index (χ0n) is 11.1. The van der Waals surface area contributed by atoms with Crippen molar-refractivity contribution in [2.45, 2.75) is 5.22 Å². The summed E-state index contributed by atoms with van der Waals surface area (Å²) in [5, 5.41) is 8.50. The molecule has 0 atom stereocenters. The van der Waals surface area contributed by atoms with Crippen molar-refractivity contribution < 1.29 is 4.42 Å². The minimum absolute atomic E-state index is 0.474. The van der Waals surface area contributed by atoms with Crippen LogP contribution in [0.4, 0.5) is 0 Å². The van der Waals surface area contributed by atoms with Crippen LogP contribution < -0.4 is 0 Å². The molecular weight excluding hydrogens is 282 g/mol. The Bertz CT molecular complexity index is 760. The van der Waals surface area contributed by atoms with Gasteiger partial charge in [0.15, 0.2) is 0 Å². The lowest BCUT2D eigenvalue weighted by Crippen LogP contribution is -1.78. The third-order valence-corrected chi connectivity index (χ3v) is 3.29. The summed E-state index contributed by atoms with van der Waals surface area (Å²) >= 11 is 1.42. The molecule has 0 spiro atoms. The zero-order chi connectivity index (χ0) is 14.3. The number of pyridine rings is 1. The molecule has 0 aliphatic rings. The highest BCUT2D eigenvalue weighted by Gasteiger charge is 2.07. The van der Waals surface area contributed by atoms with E-state index in [4.69, 9.17) is 4.42 Å². The first-order chi connectivity index (χ1) is 10.4. The fourth-order valence-corrected chi connectivity index (χ4v) is 2.14. The molecule has 4 nitrogen and oxygen atoms in total. The molecule has 0 radical (unpaired) electrons. The minimum Gasteiger partial charge on any atom is -0.411 e. The third-order valence-electron chi connectivity index (χ3n) is 2.59. The second-order valence-corrected chi connectivity index (χ2v) is 5.00. The molecule has 0 aliphatic heterocycles. The molecule has 3 rings (SSSR count). The molecule has 102 valence electrons. The van der Waals surface area contributed by atoms with Gasteiger partial charge in [-0.05, 0) is 24.3 Å². The number of thioether (sulfide) groups is 1. The van der Waals surface area contributed by atoms with Crippen LogP contribution in [0.5, 0.6) is 0 Å². The topological polar surface area (TPSA) is 51.8 Å². The van der Waals surface area contributed by atoms with E-state index < -0.39 is 0 Å². The van der Waals surface area contributed by atoms with E-state index in [0.717, 1.165) is 11.1 Å². The van der Waals surface area contributed by atoms with Crippen LogP contribution in [-0.4, -0.2) is 20.9 Å². The minimum atomic E-state index is 0.474. The summed E-state index contributed by atoms with van der Waals surface area (Å²) < 4.78 is 5.55. The summed E-state index contributed by atoms with van der Waals surface area (Å²) in [7, 11) is 0. The predicted octanol–water partition coefficient (Wildman–Crippen LogP) is 3.28. The van der Waals surface area contributed by atoms with Crippen LogP contribution in [0.3, 0.4) is 0 Å². The van der Waals surface area contributed by atoms with Crippen LogP contribution in [-0.2, 0) is 0 Å². The van der Waals surface area contributed by atoms with Crippen LogP contribution in [0.25, 0.3) is 11.5 Å². The van der Waals surface area contributed by atoms with E-state index in [0.29, 0.717) is 16.9 Å². The standard InChI is InChI=1S/C16H11N3OS/c1-2-6-13(7-3-1)8-5-11-21-16-19-18-15(20-16)14-9-4-10-17-12-14/h1-4,6-7,9-10,12H,11H2. The van der Waals surface area contributed by atoms with Gasteiger partial charge in [0.25, 0.3) is 5.22 Å². The van der Waals surface area contributed by atoms with E-state index in [1.807, 2.05) is 42.5 Å². The maximum absolute atomic E-state index is 5.55. The summed E-state index contributed by atoms with van der Waals surface area (Å²) in [5.41, 5.74) is 1.81. The lowest BCUT2D eigenvalue weighted by Gasteiger charge is -1.91. The molecule has 3 aromatic rings. The Labute approximate surface area is 126 Å². The lowest BCUT2D eigenvalue weighted by atomic mass is 10.2. The molecule has 0 bridgehead atoms. The van der Waals surface area contributed by atoms with E-state index in [2.05, 4.69) is 27.0 Å². The van der Waals surface area contributed by atoms with Crippen LogP contribution >= 0.6 is 11.8 Å². The van der Waals surface area contributed by atoms with E-state index in [1.54, 1.807) is 12.4 Å². The largest absolute Gasteiger partial charge is 0.411 e. The number of aromatic nitrogens is 3. The zero-order valence-corrected chi connectivity index (χ0v) is 11.9. The van der Waals surface area contributed by atoms with Crippen molar-refractivity contribution in [2.75, 3.05) is 5.75 Å². The van der Waals surface area contributed by atoms with Gasteiger partial charge in [0.2, 0.25) is 5.89 Å². The van der Waals surface area contributed by atoms with E-state index in [-0.39, 0.29) is 0 Å². The summed E-state index contributed by atoms with van der Waals surface area (Å²) in [4.78, 5) is 4.02. The summed E-state index contributed by atoms with van der Waals surface area (Å²) in [6.45, 7) is 0. The molecule has 0 N–H and O–H groups in total. The number of nitrogens with zero attached hydrogens (tertiary/aromatic N) is 3. The number of hydrogen-bond acceptors (Lipinski definition) is 5. The summed E-state index contributed by atoms with van der Waals surface area (Å²) in [6, 6.07) is 13.6. The third kappa shape index (κ3) is 3.71. The van der Waals surface area contributed by atoms with Crippen molar-refractivity contribution in [3.63, 3.8) is 0 Å². The number of benzene rings is 1. The monoisotopic (exact) mass is 293 g/mol. The van der Waals surface area contributed by atoms with Crippen molar-refractivity contribution in [3.8, 4) is 23.3 Å². The molecule has 2 aromatic heterocycles. The fraction of sp³-hybridized carbons (Fsp3) is 0.0625. The van der Waals surface area contributed by atoms with Gasteiger partial charge in [-0.3, -0.25) is 4.98 Å². The number of rotatable bonds is 3. The van der Waals surface area contributed by atoms with Crippen LogP contribution in [0.1, 0.15) is 5.56 Å². The highest BCUT2D eigenvalue weighted by molar-refractivity contribution is 7.99. The Morgan fingerprint density at radius 3 is 2.76 bits per heavy atom. The van der Waals surface area contributed by atoms with Gasteiger partial charge in [-0.25, -0.2) is 0 Å². The second kappa shape index (κ2) is 6.73. The molecule has 0 fully saturated rings. The van der Waals surface area contributed by atoms with E-state index >= 15 is 0 Å². The first-order valence-electron chi connectivity index (χ1n) is 6.32. The molecule has 21 heavy (non-hydrogen) atoms. The Balaban J connectivity index is 1.60. The Morgan fingerprint density at radius 2 is 1.95 bits per heavy atom. The van der Waals surface area contributed by atoms with Gasteiger partial charge in [0.1, 0.15) is 0 Å². The van der Waals surface area contributed by atoms with Gasteiger partial charge in [0.05, 0.1) is 11.3 Å². The smallest absolute Gasteiger partial charge is 0.277 e. The molecule has 0 saturated carbocycles. The average Bonchev–Trinajstić information content (AvgIpc) is 3.02. The maximum atomic E-state index is 5.55. The molecule has 0 saturated heterocycles. The van der Waals surface area contributed by atoms with Crippen LogP contribution in [0.2, 0.25) is 0 Å². The molecule has 0 aliphatic carbocycles. The normalized spacial score (nSPS) is 9.90. The van der Waals surface area contributed by atoms with Crippen molar-refractivity contribution >= 4 is 11.8 Å². The first kappa shape index (κ1) is 13.4. The SMILES string of the molecule is C(#Cc1ccccc1)CSc1nnc(-c2cccnc2)o1. The van der Waals surface area contributed by atoms with Gasteiger partial charge < -0.3 is 4.42 Å². The van der Waals surface area contributed by atoms with E-state index in [9.17, 15) is 0 Å². The van der Waals surface area contributed by atoms with E-state index in [1.165, 1.54) is 11.8 Å². The maximum Gasteiger partial charge on any atom is 0.277 e. The quantitative estimate of drug-likeness (QED) is 0.548. The molecule has 2 heterocycles. The molecule has 0 amide bonds. The van der Waals surface area contributed by atoms with Crippen molar-refractivity contribution in [2.24, 2.45) is 0 Å². The van der Waals surface area contributed by atoms with Gasteiger partial charge >= 0.3 is 0 Å². The van der Waals surface area contributed by atoms with Gasteiger partial charge in [0, 0.05) is 18.0 Å². The Kier molecular flexibility index (Phi) is 4.30. The van der Waals surface area contributed by atoms with Gasteiger partial charge in [-0.1, -0.05) is 41.8 Å². The highest BCUT2D eigenvalue weighted by atomic mass is 32.2. The molecule has 0 unspecified atom stereocenters. The number of hydrogen-bond donors (Lipinski definition) is 0. The second-order valence-electron chi connectivity index (χ2n) is 4.07. The Hall–Kier alpha value is -2.58. The van der Waals surface area contributed by atoms with Crippen molar-refractivity contribution in [3.05, 3.63) is 60.4 Å². The fourth-order valence-electron chi connectivity index (χ4n) is 1.63. The highest BCUT2D eigenvalue weighted by Crippen LogP contribution is 2.21. The average molecular weight is 293 g/mol. The first-order valence-corrected chi connectivity index (χ1v) is 7.31. The molecular formula is C16H11N3OS. The molecule has 5 heteroatoms. The Morgan fingerprint density at radius 1 is 1.05 bits per heavy atom. The van der Waals surface area contributed by atoms with Gasteiger partial charge in [-0.2, -0.15) is 0 Å². The summed E-state index contributed by atoms with van der Waals surface area (Å²) in [6.07, 6.45) is 3.39. The van der Waals surface area contributed by atoms with Crippen molar-refractivity contribution in [1.82, 2.24) is 15.2 Å². The van der Waals surface area contributed by atoms with Crippen LogP contribution in [0, 0.1) is 11.8 Å². The molecule has 1 aromatic carbocycles.